The average Bonchev–Trinajstić information content (AvgIpc) is 2.34. The van der Waals surface area contributed by atoms with Gasteiger partial charge in [-0.15, -0.1) is 0 Å². The van der Waals surface area contributed by atoms with Gasteiger partial charge in [0.05, 0.1) is 19.8 Å². The van der Waals surface area contributed by atoms with E-state index in [1.807, 2.05) is 0 Å². The van der Waals surface area contributed by atoms with E-state index in [4.69, 9.17) is 14.2 Å². The van der Waals surface area contributed by atoms with E-state index in [2.05, 4.69) is 0 Å². The fourth-order valence-corrected chi connectivity index (χ4v) is 1.16. The summed E-state index contributed by atoms with van der Waals surface area (Å²) in [4.78, 5) is 11.5. The lowest BCUT2D eigenvalue weighted by Crippen LogP contribution is -2.12. The molecule has 1 aromatic carbocycles. The van der Waals surface area contributed by atoms with E-state index in [1.165, 1.54) is 12.1 Å². The average molecular weight is 240 g/mol. The minimum absolute atomic E-state index is 0.0854. The molecule has 0 amide bonds. The van der Waals surface area contributed by atoms with E-state index in [0.29, 0.717) is 19.8 Å². The van der Waals surface area contributed by atoms with Crippen molar-refractivity contribution in [3.8, 4) is 5.75 Å². The molecule has 0 aromatic heterocycles. The van der Waals surface area contributed by atoms with Crippen LogP contribution in [0.2, 0.25) is 0 Å². The topological polar surface area (TPSA) is 65.0 Å². The SMILES string of the molecule is COCCOCCOC(=O)c1ccccc1O. The quantitative estimate of drug-likeness (QED) is 0.573. The standard InChI is InChI=1S/C12H16O5/c1-15-6-7-16-8-9-17-12(14)10-4-2-3-5-11(10)13/h2-5,13H,6-9H2,1H3. The van der Waals surface area contributed by atoms with E-state index in [-0.39, 0.29) is 17.9 Å². The molecule has 0 fully saturated rings. The molecule has 0 atom stereocenters. The minimum atomic E-state index is -0.557. The van der Waals surface area contributed by atoms with Crippen molar-refractivity contribution in [2.75, 3.05) is 33.5 Å². The molecule has 1 N–H and O–H groups in total. The summed E-state index contributed by atoms with van der Waals surface area (Å²) in [6.07, 6.45) is 0. The van der Waals surface area contributed by atoms with Crippen molar-refractivity contribution in [2.24, 2.45) is 0 Å². The molecule has 94 valence electrons. The van der Waals surface area contributed by atoms with Crippen LogP contribution in [0.4, 0.5) is 0 Å². The summed E-state index contributed by atoms with van der Waals surface area (Å²) in [5.41, 5.74) is 0.157. The molecule has 0 radical (unpaired) electrons. The maximum atomic E-state index is 11.5. The molecular weight excluding hydrogens is 224 g/mol. The third-order valence-electron chi connectivity index (χ3n) is 2.02. The van der Waals surface area contributed by atoms with Gasteiger partial charge in [0.25, 0.3) is 0 Å². The molecule has 5 heteroatoms. The van der Waals surface area contributed by atoms with Gasteiger partial charge in [0.1, 0.15) is 17.9 Å². The first-order valence-electron chi connectivity index (χ1n) is 5.27. The van der Waals surface area contributed by atoms with E-state index in [9.17, 15) is 9.90 Å². The maximum absolute atomic E-state index is 11.5. The zero-order chi connectivity index (χ0) is 12.5. The highest BCUT2D eigenvalue weighted by molar-refractivity contribution is 5.92. The number of phenolic OH excluding ortho intramolecular Hbond substituents is 1. The van der Waals surface area contributed by atoms with Gasteiger partial charge in [-0.25, -0.2) is 4.79 Å². The van der Waals surface area contributed by atoms with Crippen LogP contribution < -0.4 is 0 Å². The van der Waals surface area contributed by atoms with Gasteiger partial charge in [-0.3, -0.25) is 0 Å². The molecule has 17 heavy (non-hydrogen) atoms. The number of esters is 1. The van der Waals surface area contributed by atoms with Crippen molar-refractivity contribution in [3.05, 3.63) is 29.8 Å². The largest absolute Gasteiger partial charge is 0.507 e. The van der Waals surface area contributed by atoms with Gasteiger partial charge >= 0.3 is 5.97 Å². The molecule has 0 heterocycles. The summed E-state index contributed by atoms with van der Waals surface area (Å²) in [7, 11) is 1.58. The number of methoxy groups -OCH3 is 1. The van der Waals surface area contributed by atoms with Crippen LogP contribution in [0.25, 0.3) is 0 Å². The summed E-state index contributed by atoms with van der Waals surface area (Å²) in [5, 5.41) is 9.40. The zero-order valence-electron chi connectivity index (χ0n) is 9.72. The van der Waals surface area contributed by atoms with Gasteiger partial charge in [-0.1, -0.05) is 12.1 Å². The molecular formula is C12H16O5. The molecule has 0 bridgehead atoms. The lowest BCUT2D eigenvalue weighted by molar-refractivity contribution is 0.0212. The van der Waals surface area contributed by atoms with Crippen LogP contribution in [0.5, 0.6) is 5.75 Å². The normalized spacial score (nSPS) is 10.2. The summed E-state index contributed by atoms with van der Waals surface area (Å²) in [6, 6.07) is 6.24. The summed E-state index contributed by atoms with van der Waals surface area (Å²) in [5.74, 6) is -0.642. The smallest absolute Gasteiger partial charge is 0.341 e. The highest BCUT2D eigenvalue weighted by Crippen LogP contribution is 2.16. The number of ether oxygens (including phenoxy) is 3. The summed E-state index contributed by atoms with van der Waals surface area (Å²) < 4.78 is 14.8. The Morgan fingerprint density at radius 3 is 2.59 bits per heavy atom. The first kappa shape index (κ1) is 13.5. The van der Waals surface area contributed by atoms with Crippen LogP contribution in [0, 0.1) is 0 Å². The maximum Gasteiger partial charge on any atom is 0.341 e. The van der Waals surface area contributed by atoms with Crippen LogP contribution in [0.15, 0.2) is 24.3 Å². The first-order chi connectivity index (χ1) is 8.25. The van der Waals surface area contributed by atoms with Crippen LogP contribution in [-0.2, 0) is 14.2 Å². The number of phenols is 1. The molecule has 0 aliphatic heterocycles. The number of hydrogen-bond donors (Lipinski definition) is 1. The Balaban J connectivity index is 2.24. The lowest BCUT2D eigenvalue weighted by Gasteiger charge is -2.06. The Bertz CT molecular complexity index is 351. The Hall–Kier alpha value is -1.59. The monoisotopic (exact) mass is 240 g/mol. The van der Waals surface area contributed by atoms with Gasteiger partial charge in [-0.05, 0) is 12.1 Å². The van der Waals surface area contributed by atoms with E-state index < -0.39 is 5.97 Å². The molecule has 0 unspecified atom stereocenters. The Morgan fingerprint density at radius 2 is 1.88 bits per heavy atom. The molecule has 1 rings (SSSR count). The van der Waals surface area contributed by atoms with Crippen molar-refractivity contribution in [1.82, 2.24) is 0 Å². The van der Waals surface area contributed by atoms with E-state index >= 15 is 0 Å². The predicted molar refractivity (Wildman–Crippen MR) is 61.1 cm³/mol. The second kappa shape index (κ2) is 7.65. The molecule has 0 aliphatic carbocycles. The van der Waals surface area contributed by atoms with Crippen molar-refractivity contribution in [1.29, 1.82) is 0 Å². The van der Waals surface area contributed by atoms with Crippen molar-refractivity contribution in [2.45, 2.75) is 0 Å². The molecule has 0 spiro atoms. The van der Waals surface area contributed by atoms with Crippen molar-refractivity contribution >= 4 is 5.97 Å². The highest BCUT2D eigenvalue weighted by Gasteiger charge is 2.10. The molecule has 0 saturated carbocycles. The van der Waals surface area contributed by atoms with Crippen LogP contribution in [-0.4, -0.2) is 44.6 Å². The Kier molecular flexibility index (Phi) is 6.06. The Labute approximate surface area is 99.9 Å². The summed E-state index contributed by atoms with van der Waals surface area (Å²) >= 11 is 0. The van der Waals surface area contributed by atoms with Crippen LogP contribution in [0.3, 0.4) is 0 Å². The molecule has 0 saturated heterocycles. The van der Waals surface area contributed by atoms with Gasteiger partial charge in [0, 0.05) is 7.11 Å². The fraction of sp³-hybridized carbons (Fsp3) is 0.417. The highest BCUT2D eigenvalue weighted by atomic mass is 16.6. The number of benzene rings is 1. The lowest BCUT2D eigenvalue weighted by atomic mass is 10.2. The minimum Gasteiger partial charge on any atom is -0.507 e. The number of carbonyl (C=O) groups excluding carboxylic acids is 1. The van der Waals surface area contributed by atoms with Crippen molar-refractivity contribution < 1.29 is 24.1 Å². The van der Waals surface area contributed by atoms with E-state index in [0.717, 1.165) is 0 Å². The molecule has 0 aliphatic rings. The van der Waals surface area contributed by atoms with Gasteiger partial charge in [0.2, 0.25) is 0 Å². The first-order valence-corrected chi connectivity index (χ1v) is 5.27. The zero-order valence-corrected chi connectivity index (χ0v) is 9.72. The van der Waals surface area contributed by atoms with Gasteiger partial charge in [-0.2, -0.15) is 0 Å². The second-order valence-corrected chi connectivity index (χ2v) is 3.26. The van der Waals surface area contributed by atoms with Crippen molar-refractivity contribution in [3.63, 3.8) is 0 Å². The molecule has 1 aromatic rings. The van der Waals surface area contributed by atoms with Crippen LogP contribution >= 0.6 is 0 Å². The number of para-hydroxylation sites is 1. The van der Waals surface area contributed by atoms with Gasteiger partial charge < -0.3 is 19.3 Å². The number of carbonyl (C=O) groups is 1. The van der Waals surface area contributed by atoms with Crippen LogP contribution in [0.1, 0.15) is 10.4 Å². The Morgan fingerprint density at radius 1 is 1.18 bits per heavy atom. The third-order valence-corrected chi connectivity index (χ3v) is 2.02. The summed E-state index contributed by atoms with van der Waals surface area (Å²) in [6.45, 7) is 1.43. The number of hydrogen-bond acceptors (Lipinski definition) is 5. The molecule has 5 nitrogen and oxygen atoms in total. The second-order valence-electron chi connectivity index (χ2n) is 3.26. The fourth-order valence-electron chi connectivity index (χ4n) is 1.16. The number of rotatable bonds is 7. The number of aromatic hydroxyl groups is 1. The van der Waals surface area contributed by atoms with E-state index in [1.54, 1.807) is 19.2 Å². The third kappa shape index (κ3) is 4.84. The van der Waals surface area contributed by atoms with Gasteiger partial charge in [0.15, 0.2) is 0 Å². The predicted octanol–water partition coefficient (Wildman–Crippen LogP) is 1.21.